The van der Waals surface area contributed by atoms with Gasteiger partial charge in [0.05, 0.1) is 6.61 Å². The molecule has 2 N–H and O–H groups in total. The van der Waals surface area contributed by atoms with Crippen molar-refractivity contribution in [2.45, 2.75) is 51.0 Å². The van der Waals surface area contributed by atoms with Crippen LogP contribution in [-0.2, 0) is 4.74 Å². The number of rotatable bonds is 5. The van der Waals surface area contributed by atoms with Gasteiger partial charge >= 0.3 is 0 Å². The Hall–Kier alpha value is -0.120. The average Bonchev–Trinajstić information content (AvgIpc) is 2.93. The molecule has 1 saturated heterocycles. The molecular formula is C15H30N2O. The molecule has 3 heteroatoms. The van der Waals surface area contributed by atoms with E-state index in [1.165, 1.54) is 45.1 Å². The molecule has 0 aromatic heterocycles. The molecule has 2 aliphatic rings. The van der Waals surface area contributed by atoms with Crippen molar-refractivity contribution in [1.29, 1.82) is 0 Å². The summed E-state index contributed by atoms with van der Waals surface area (Å²) in [6.07, 6.45) is 8.26. The van der Waals surface area contributed by atoms with Crippen LogP contribution in [0.25, 0.3) is 0 Å². The molecule has 18 heavy (non-hydrogen) atoms. The molecule has 0 radical (unpaired) electrons. The van der Waals surface area contributed by atoms with Crippen LogP contribution in [-0.4, -0.2) is 43.8 Å². The SMILES string of the molecule is CN(CC1CCCCC1)C(C)(CN)C1CCOC1. The predicted molar refractivity (Wildman–Crippen MR) is 75.6 cm³/mol. The molecule has 3 nitrogen and oxygen atoms in total. The topological polar surface area (TPSA) is 38.5 Å². The van der Waals surface area contributed by atoms with E-state index in [1.807, 2.05) is 0 Å². The standard InChI is InChI=1S/C15H30N2O/c1-15(12-16,14-8-9-18-11-14)17(2)10-13-6-4-3-5-7-13/h13-14H,3-12,16H2,1-2H3. The van der Waals surface area contributed by atoms with E-state index in [2.05, 4.69) is 18.9 Å². The number of nitrogens with two attached hydrogens (primary N) is 1. The largest absolute Gasteiger partial charge is 0.381 e. The molecule has 1 aliphatic carbocycles. The first-order valence-corrected chi connectivity index (χ1v) is 7.66. The number of nitrogens with zero attached hydrogens (tertiary/aromatic N) is 1. The van der Waals surface area contributed by atoms with Crippen LogP contribution < -0.4 is 5.73 Å². The van der Waals surface area contributed by atoms with Gasteiger partial charge in [0.1, 0.15) is 0 Å². The molecule has 2 atom stereocenters. The molecule has 2 unspecified atom stereocenters. The Labute approximate surface area is 112 Å². The Morgan fingerprint density at radius 1 is 1.22 bits per heavy atom. The van der Waals surface area contributed by atoms with Gasteiger partial charge < -0.3 is 10.5 Å². The van der Waals surface area contributed by atoms with Gasteiger partial charge in [0.15, 0.2) is 0 Å². The van der Waals surface area contributed by atoms with Gasteiger partial charge in [-0.25, -0.2) is 0 Å². The first-order chi connectivity index (χ1) is 8.66. The second-order valence-corrected chi connectivity index (χ2v) is 6.51. The molecular weight excluding hydrogens is 224 g/mol. The molecule has 1 aliphatic heterocycles. The van der Waals surface area contributed by atoms with E-state index in [9.17, 15) is 0 Å². The molecule has 0 aromatic carbocycles. The summed E-state index contributed by atoms with van der Waals surface area (Å²) in [5, 5.41) is 0. The lowest BCUT2D eigenvalue weighted by Crippen LogP contribution is -2.56. The van der Waals surface area contributed by atoms with E-state index in [0.717, 1.165) is 25.7 Å². The first-order valence-electron chi connectivity index (χ1n) is 7.66. The summed E-state index contributed by atoms with van der Waals surface area (Å²) in [6, 6.07) is 0. The van der Waals surface area contributed by atoms with Gasteiger partial charge in [0.2, 0.25) is 0 Å². The van der Waals surface area contributed by atoms with Crippen molar-refractivity contribution in [3.8, 4) is 0 Å². The van der Waals surface area contributed by atoms with Gasteiger partial charge in [0, 0.05) is 31.2 Å². The zero-order chi connectivity index (χ0) is 13.0. The summed E-state index contributed by atoms with van der Waals surface area (Å²) >= 11 is 0. The lowest BCUT2D eigenvalue weighted by molar-refractivity contribution is 0.0493. The molecule has 106 valence electrons. The Bertz CT molecular complexity index is 247. The van der Waals surface area contributed by atoms with E-state index >= 15 is 0 Å². The molecule has 0 bridgehead atoms. The maximum Gasteiger partial charge on any atom is 0.0513 e. The van der Waals surface area contributed by atoms with E-state index in [-0.39, 0.29) is 5.54 Å². The zero-order valence-corrected chi connectivity index (χ0v) is 12.2. The molecule has 1 saturated carbocycles. The number of hydrogen-bond acceptors (Lipinski definition) is 3. The van der Waals surface area contributed by atoms with Crippen molar-refractivity contribution in [3.05, 3.63) is 0 Å². The van der Waals surface area contributed by atoms with Crippen molar-refractivity contribution in [1.82, 2.24) is 4.90 Å². The van der Waals surface area contributed by atoms with Crippen LogP contribution in [0, 0.1) is 11.8 Å². The van der Waals surface area contributed by atoms with Gasteiger partial charge in [-0.15, -0.1) is 0 Å². The summed E-state index contributed by atoms with van der Waals surface area (Å²) < 4.78 is 5.56. The highest BCUT2D eigenvalue weighted by molar-refractivity contribution is 4.94. The second kappa shape index (κ2) is 6.36. The lowest BCUT2D eigenvalue weighted by Gasteiger charge is -2.44. The molecule has 0 aromatic rings. The summed E-state index contributed by atoms with van der Waals surface area (Å²) in [7, 11) is 2.26. The van der Waals surface area contributed by atoms with Crippen LogP contribution in [0.4, 0.5) is 0 Å². The molecule has 2 rings (SSSR count). The zero-order valence-electron chi connectivity index (χ0n) is 12.2. The fourth-order valence-corrected chi connectivity index (χ4v) is 3.62. The fraction of sp³-hybridized carbons (Fsp3) is 1.00. The second-order valence-electron chi connectivity index (χ2n) is 6.51. The summed E-state index contributed by atoms with van der Waals surface area (Å²) in [5.41, 5.74) is 6.21. The van der Waals surface area contributed by atoms with Gasteiger partial charge in [-0.05, 0) is 39.2 Å². The van der Waals surface area contributed by atoms with E-state index in [4.69, 9.17) is 10.5 Å². The fourth-order valence-electron chi connectivity index (χ4n) is 3.62. The Morgan fingerprint density at radius 2 is 1.94 bits per heavy atom. The van der Waals surface area contributed by atoms with Crippen molar-refractivity contribution in [2.24, 2.45) is 17.6 Å². The summed E-state index contributed by atoms with van der Waals surface area (Å²) in [6.45, 7) is 6.09. The van der Waals surface area contributed by atoms with Gasteiger partial charge in [-0.1, -0.05) is 19.3 Å². The monoisotopic (exact) mass is 254 g/mol. The highest BCUT2D eigenvalue weighted by Gasteiger charge is 2.39. The maximum atomic E-state index is 6.10. The summed E-state index contributed by atoms with van der Waals surface area (Å²) in [5.74, 6) is 1.49. The molecule has 0 spiro atoms. The normalized spacial score (nSPS) is 29.7. The van der Waals surface area contributed by atoms with Crippen LogP contribution >= 0.6 is 0 Å². The van der Waals surface area contributed by atoms with Gasteiger partial charge in [0.25, 0.3) is 0 Å². The van der Waals surface area contributed by atoms with Crippen molar-refractivity contribution >= 4 is 0 Å². The Balaban J connectivity index is 1.92. The molecule has 0 amide bonds. The van der Waals surface area contributed by atoms with Crippen LogP contribution in [0.3, 0.4) is 0 Å². The highest BCUT2D eigenvalue weighted by Crippen LogP contribution is 2.32. The third-order valence-corrected chi connectivity index (χ3v) is 5.35. The smallest absolute Gasteiger partial charge is 0.0513 e. The van der Waals surface area contributed by atoms with Crippen molar-refractivity contribution in [2.75, 3.05) is 33.4 Å². The lowest BCUT2D eigenvalue weighted by atomic mass is 9.81. The average molecular weight is 254 g/mol. The van der Waals surface area contributed by atoms with Gasteiger partial charge in [-0.3, -0.25) is 4.90 Å². The minimum absolute atomic E-state index is 0.119. The quantitative estimate of drug-likeness (QED) is 0.818. The van der Waals surface area contributed by atoms with Crippen LogP contribution in [0.1, 0.15) is 45.4 Å². The number of hydrogen-bond donors (Lipinski definition) is 1. The summed E-state index contributed by atoms with van der Waals surface area (Å²) in [4.78, 5) is 2.53. The minimum atomic E-state index is 0.119. The van der Waals surface area contributed by atoms with Crippen molar-refractivity contribution < 1.29 is 4.74 Å². The third kappa shape index (κ3) is 3.06. The van der Waals surface area contributed by atoms with Crippen LogP contribution in [0.15, 0.2) is 0 Å². The number of ether oxygens (including phenoxy) is 1. The first kappa shape index (κ1) is 14.3. The molecule has 1 heterocycles. The Morgan fingerprint density at radius 3 is 2.50 bits per heavy atom. The third-order valence-electron chi connectivity index (χ3n) is 5.35. The number of likely N-dealkylation sites (N-methyl/N-ethyl adjacent to an activating group) is 1. The van der Waals surface area contributed by atoms with Crippen LogP contribution in [0.2, 0.25) is 0 Å². The van der Waals surface area contributed by atoms with Crippen LogP contribution in [0.5, 0.6) is 0 Å². The molecule has 2 fully saturated rings. The van der Waals surface area contributed by atoms with E-state index in [0.29, 0.717) is 5.92 Å². The van der Waals surface area contributed by atoms with Crippen molar-refractivity contribution in [3.63, 3.8) is 0 Å². The van der Waals surface area contributed by atoms with E-state index < -0.39 is 0 Å². The van der Waals surface area contributed by atoms with Gasteiger partial charge in [-0.2, -0.15) is 0 Å². The predicted octanol–water partition coefficient (Wildman–Crippen LogP) is 2.25. The van der Waals surface area contributed by atoms with E-state index in [1.54, 1.807) is 0 Å². The minimum Gasteiger partial charge on any atom is -0.381 e. The Kier molecular flexibility index (Phi) is 5.05. The maximum absolute atomic E-state index is 6.10. The highest BCUT2D eigenvalue weighted by atomic mass is 16.5.